The standard InChI is InChI=1S/C13H19NO2S/c1-13(2,3)14-8-7-10-9-11(17(4,15)16)5-6-12(10)14/h5-6,9H,7-8H2,1-4H3. The first kappa shape index (κ1) is 12.4. The number of benzene rings is 1. The molecule has 0 saturated carbocycles. The summed E-state index contributed by atoms with van der Waals surface area (Å²) in [4.78, 5) is 2.75. The second-order valence-electron chi connectivity index (χ2n) is 5.64. The molecule has 2 rings (SSSR count). The fourth-order valence-electron chi connectivity index (χ4n) is 2.31. The Morgan fingerprint density at radius 3 is 2.41 bits per heavy atom. The minimum absolute atomic E-state index is 0.0812. The van der Waals surface area contributed by atoms with Gasteiger partial charge in [0.2, 0.25) is 0 Å². The molecule has 0 saturated heterocycles. The van der Waals surface area contributed by atoms with Crippen LogP contribution in [0.5, 0.6) is 0 Å². The first-order valence-electron chi connectivity index (χ1n) is 5.80. The Hall–Kier alpha value is -1.03. The predicted molar refractivity (Wildman–Crippen MR) is 70.4 cm³/mol. The van der Waals surface area contributed by atoms with Crippen LogP contribution in [0.3, 0.4) is 0 Å². The van der Waals surface area contributed by atoms with Gasteiger partial charge in [-0.15, -0.1) is 0 Å². The molecule has 0 aliphatic carbocycles. The number of hydrogen-bond donors (Lipinski definition) is 0. The summed E-state index contributed by atoms with van der Waals surface area (Å²) >= 11 is 0. The van der Waals surface area contributed by atoms with Crippen LogP contribution < -0.4 is 4.90 Å². The van der Waals surface area contributed by atoms with Crippen molar-refractivity contribution >= 4 is 15.5 Å². The summed E-state index contributed by atoms with van der Waals surface area (Å²) in [5, 5.41) is 0. The van der Waals surface area contributed by atoms with Crippen LogP contribution in [0.15, 0.2) is 23.1 Å². The molecule has 1 aliphatic heterocycles. The van der Waals surface area contributed by atoms with Crippen LogP contribution in [0.25, 0.3) is 0 Å². The Balaban J connectivity index is 2.46. The molecule has 1 aromatic rings. The van der Waals surface area contributed by atoms with Crippen molar-refractivity contribution in [2.75, 3.05) is 17.7 Å². The minimum atomic E-state index is -3.10. The van der Waals surface area contributed by atoms with Gasteiger partial charge in [-0.25, -0.2) is 8.42 Å². The van der Waals surface area contributed by atoms with Crippen LogP contribution in [0.1, 0.15) is 26.3 Å². The maximum Gasteiger partial charge on any atom is 0.175 e. The molecule has 0 atom stereocenters. The lowest BCUT2D eigenvalue weighted by Crippen LogP contribution is -2.40. The monoisotopic (exact) mass is 253 g/mol. The summed E-state index contributed by atoms with van der Waals surface area (Å²) in [6.07, 6.45) is 2.18. The smallest absolute Gasteiger partial charge is 0.175 e. The predicted octanol–water partition coefficient (Wildman–Crippen LogP) is 2.25. The van der Waals surface area contributed by atoms with E-state index in [1.807, 2.05) is 12.1 Å². The van der Waals surface area contributed by atoms with Crippen molar-refractivity contribution in [3.8, 4) is 0 Å². The van der Waals surface area contributed by atoms with Gasteiger partial charge in [0.25, 0.3) is 0 Å². The van der Waals surface area contributed by atoms with E-state index in [1.165, 1.54) is 11.9 Å². The third-order valence-electron chi connectivity index (χ3n) is 3.18. The highest BCUT2D eigenvalue weighted by Crippen LogP contribution is 2.34. The van der Waals surface area contributed by atoms with E-state index in [-0.39, 0.29) is 5.54 Å². The number of anilines is 1. The second-order valence-corrected chi connectivity index (χ2v) is 7.65. The Morgan fingerprint density at radius 1 is 1.24 bits per heavy atom. The molecule has 1 aliphatic rings. The van der Waals surface area contributed by atoms with E-state index < -0.39 is 9.84 Å². The van der Waals surface area contributed by atoms with Gasteiger partial charge >= 0.3 is 0 Å². The molecule has 3 nitrogen and oxygen atoms in total. The van der Waals surface area contributed by atoms with Crippen molar-refractivity contribution in [3.05, 3.63) is 23.8 Å². The fraction of sp³-hybridized carbons (Fsp3) is 0.538. The molecular formula is C13H19NO2S. The van der Waals surface area contributed by atoms with Gasteiger partial charge in [-0.2, -0.15) is 0 Å². The maximum atomic E-state index is 11.5. The molecule has 0 fully saturated rings. The normalized spacial score (nSPS) is 16.1. The molecular weight excluding hydrogens is 234 g/mol. The fourth-order valence-corrected chi connectivity index (χ4v) is 2.98. The van der Waals surface area contributed by atoms with Gasteiger partial charge in [0.05, 0.1) is 4.90 Å². The summed E-state index contributed by atoms with van der Waals surface area (Å²) in [5.74, 6) is 0. The van der Waals surface area contributed by atoms with Crippen LogP contribution in [0, 0.1) is 0 Å². The first-order valence-corrected chi connectivity index (χ1v) is 7.69. The van der Waals surface area contributed by atoms with E-state index >= 15 is 0 Å². The van der Waals surface area contributed by atoms with Gasteiger partial charge in [0, 0.05) is 24.0 Å². The number of fused-ring (bicyclic) bond motifs is 1. The number of nitrogens with zero attached hydrogens (tertiary/aromatic N) is 1. The van der Waals surface area contributed by atoms with Crippen molar-refractivity contribution in [2.24, 2.45) is 0 Å². The maximum absolute atomic E-state index is 11.5. The van der Waals surface area contributed by atoms with E-state index in [1.54, 1.807) is 6.07 Å². The van der Waals surface area contributed by atoms with E-state index in [0.717, 1.165) is 18.5 Å². The van der Waals surface area contributed by atoms with Crippen molar-refractivity contribution < 1.29 is 8.42 Å². The van der Waals surface area contributed by atoms with Gasteiger partial charge < -0.3 is 4.90 Å². The zero-order valence-electron chi connectivity index (χ0n) is 10.8. The van der Waals surface area contributed by atoms with Gasteiger partial charge in [0.1, 0.15) is 0 Å². The molecule has 1 heterocycles. The van der Waals surface area contributed by atoms with E-state index in [9.17, 15) is 8.42 Å². The number of sulfone groups is 1. The number of hydrogen-bond acceptors (Lipinski definition) is 3. The largest absolute Gasteiger partial charge is 0.366 e. The lowest BCUT2D eigenvalue weighted by atomic mass is 10.1. The third kappa shape index (κ3) is 2.32. The first-order chi connectivity index (χ1) is 7.69. The van der Waals surface area contributed by atoms with E-state index in [0.29, 0.717) is 4.90 Å². The molecule has 94 valence electrons. The summed E-state index contributed by atoms with van der Waals surface area (Å²) in [6, 6.07) is 5.46. The summed E-state index contributed by atoms with van der Waals surface area (Å²) in [5.41, 5.74) is 2.39. The van der Waals surface area contributed by atoms with Gasteiger partial charge in [-0.1, -0.05) is 0 Å². The zero-order valence-corrected chi connectivity index (χ0v) is 11.6. The molecule has 4 heteroatoms. The summed E-state index contributed by atoms with van der Waals surface area (Å²) < 4.78 is 23.0. The molecule has 17 heavy (non-hydrogen) atoms. The highest BCUT2D eigenvalue weighted by atomic mass is 32.2. The molecule has 0 N–H and O–H groups in total. The Bertz CT molecular complexity index is 541. The van der Waals surface area contributed by atoms with Crippen LogP contribution in [0.4, 0.5) is 5.69 Å². The van der Waals surface area contributed by atoms with E-state index in [2.05, 4.69) is 25.7 Å². The molecule has 0 aromatic heterocycles. The Morgan fingerprint density at radius 2 is 1.88 bits per heavy atom. The average Bonchev–Trinajstić information content (AvgIpc) is 2.57. The van der Waals surface area contributed by atoms with Gasteiger partial charge in [-0.3, -0.25) is 0 Å². The molecule has 0 unspecified atom stereocenters. The molecule has 0 spiro atoms. The van der Waals surface area contributed by atoms with Crippen LogP contribution >= 0.6 is 0 Å². The highest BCUT2D eigenvalue weighted by Gasteiger charge is 2.28. The lowest BCUT2D eigenvalue weighted by Gasteiger charge is -2.34. The Kier molecular flexibility index (Phi) is 2.73. The van der Waals surface area contributed by atoms with Crippen LogP contribution in [-0.4, -0.2) is 26.8 Å². The van der Waals surface area contributed by atoms with E-state index in [4.69, 9.17) is 0 Å². The van der Waals surface area contributed by atoms with Crippen molar-refractivity contribution in [1.82, 2.24) is 0 Å². The minimum Gasteiger partial charge on any atom is -0.366 e. The Labute approximate surface area is 103 Å². The summed E-state index contributed by atoms with van der Waals surface area (Å²) in [6.45, 7) is 7.48. The topological polar surface area (TPSA) is 37.4 Å². The zero-order chi connectivity index (χ0) is 12.8. The van der Waals surface area contributed by atoms with Gasteiger partial charge in [-0.05, 0) is 51.0 Å². The lowest BCUT2D eigenvalue weighted by molar-refractivity contribution is 0.518. The van der Waals surface area contributed by atoms with Gasteiger partial charge in [0.15, 0.2) is 9.84 Å². The SMILES string of the molecule is CC(C)(C)N1CCc2cc(S(C)(=O)=O)ccc21. The highest BCUT2D eigenvalue weighted by molar-refractivity contribution is 7.90. The quantitative estimate of drug-likeness (QED) is 0.770. The van der Waals surface area contributed by atoms with Crippen molar-refractivity contribution in [1.29, 1.82) is 0 Å². The third-order valence-corrected chi connectivity index (χ3v) is 4.29. The number of rotatable bonds is 1. The molecule has 0 amide bonds. The molecule has 0 radical (unpaired) electrons. The van der Waals surface area contributed by atoms with Crippen molar-refractivity contribution in [3.63, 3.8) is 0 Å². The van der Waals surface area contributed by atoms with Crippen molar-refractivity contribution in [2.45, 2.75) is 37.6 Å². The summed E-state index contributed by atoms with van der Waals surface area (Å²) in [7, 11) is -3.10. The second kappa shape index (κ2) is 3.73. The average molecular weight is 253 g/mol. The molecule has 1 aromatic carbocycles. The molecule has 0 bridgehead atoms. The van der Waals surface area contributed by atoms with Crippen LogP contribution in [-0.2, 0) is 16.3 Å². The van der Waals surface area contributed by atoms with Crippen LogP contribution in [0.2, 0.25) is 0 Å².